The Morgan fingerprint density at radius 1 is 1.00 bits per heavy atom. The van der Waals surface area contributed by atoms with Gasteiger partial charge in [-0.3, -0.25) is 9.69 Å². The summed E-state index contributed by atoms with van der Waals surface area (Å²) < 4.78 is 5.88. The first-order chi connectivity index (χ1) is 15.6. The van der Waals surface area contributed by atoms with Crippen molar-refractivity contribution < 1.29 is 14.3 Å². The predicted molar refractivity (Wildman–Crippen MR) is 124 cm³/mol. The van der Waals surface area contributed by atoms with E-state index in [9.17, 15) is 9.59 Å². The van der Waals surface area contributed by atoms with Gasteiger partial charge < -0.3 is 15.0 Å². The molecule has 0 unspecified atom stereocenters. The van der Waals surface area contributed by atoms with Crippen molar-refractivity contribution in [2.45, 2.75) is 51.2 Å². The third-order valence-electron chi connectivity index (χ3n) is 6.98. The fourth-order valence-corrected chi connectivity index (χ4v) is 5.27. The summed E-state index contributed by atoms with van der Waals surface area (Å²) in [5.41, 5.74) is 3.44. The maximum Gasteiger partial charge on any atom is 0.324 e. The van der Waals surface area contributed by atoms with Crippen LogP contribution in [-0.4, -0.2) is 42.6 Å². The maximum atomic E-state index is 13.3. The number of rotatable bonds is 2. The van der Waals surface area contributed by atoms with Crippen molar-refractivity contribution in [2.75, 3.05) is 24.5 Å². The van der Waals surface area contributed by atoms with Crippen LogP contribution in [-0.2, 0) is 11.2 Å². The minimum absolute atomic E-state index is 0.00710. The van der Waals surface area contributed by atoms with Crippen LogP contribution in [0.5, 0.6) is 5.75 Å². The van der Waals surface area contributed by atoms with Crippen LogP contribution in [0.25, 0.3) is 0 Å². The molecule has 1 fully saturated rings. The third-order valence-corrected chi connectivity index (χ3v) is 6.98. The highest BCUT2D eigenvalue weighted by Crippen LogP contribution is 2.34. The second-order valence-electron chi connectivity index (χ2n) is 9.20. The zero-order valence-corrected chi connectivity index (χ0v) is 18.6. The maximum absolute atomic E-state index is 13.3. The first-order valence-corrected chi connectivity index (χ1v) is 11.8. The van der Waals surface area contributed by atoms with Crippen molar-refractivity contribution in [3.8, 4) is 5.75 Å². The number of aryl methyl sites for hydroxylation is 1. The number of carbonyl (C=O) groups is 2. The topological polar surface area (TPSA) is 61.9 Å². The minimum atomic E-state index is -0.0458. The van der Waals surface area contributed by atoms with Gasteiger partial charge in [-0.05, 0) is 62.3 Å². The number of amides is 3. The first-order valence-electron chi connectivity index (χ1n) is 11.8. The molecular formula is C26H31N3O3. The second kappa shape index (κ2) is 8.85. The smallest absolute Gasteiger partial charge is 0.324 e. The number of urea groups is 1. The Balaban J connectivity index is 1.20. The van der Waals surface area contributed by atoms with E-state index in [0.29, 0.717) is 32.5 Å². The van der Waals surface area contributed by atoms with Gasteiger partial charge in [0.15, 0.2) is 0 Å². The van der Waals surface area contributed by atoms with Crippen LogP contribution in [0.3, 0.4) is 0 Å². The zero-order chi connectivity index (χ0) is 22.1. The molecule has 0 saturated carbocycles. The summed E-state index contributed by atoms with van der Waals surface area (Å²) in [5, 5.41) is 3.30. The number of hydrogen-bond donors (Lipinski definition) is 1. The van der Waals surface area contributed by atoms with E-state index in [1.54, 1.807) is 0 Å². The number of ether oxygens (including phenoxy) is 1. The molecular weight excluding hydrogens is 402 g/mol. The lowest BCUT2D eigenvalue weighted by Crippen LogP contribution is -2.52. The molecule has 2 aromatic carbocycles. The molecule has 0 aromatic heterocycles. The first kappa shape index (κ1) is 20.9. The number of anilines is 1. The number of likely N-dealkylation sites (tertiary alicyclic amines) is 1. The second-order valence-corrected chi connectivity index (χ2v) is 9.20. The predicted octanol–water partition coefficient (Wildman–Crippen LogP) is 4.30. The van der Waals surface area contributed by atoms with E-state index in [2.05, 4.69) is 29.6 Å². The van der Waals surface area contributed by atoms with Gasteiger partial charge in [0.2, 0.25) is 5.91 Å². The Hall–Kier alpha value is -3.02. The van der Waals surface area contributed by atoms with Crippen molar-refractivity contribution in [1.29, 1.82) is 0 Å². The number of piperidine rings is 1. The fourth-order valence-electron chi connectivity index (χ4n) is 5.27. The molecule has 3 amide bonds. The van der Waals surface area contributed by atoms with E-state index in [-0.39, 0.29) is 30.0 Å². The summed E-state index contributed by atoms with van der Waals surface area (Å²) in [5.74, 6) is 0.842. The molecule has 2 aliphatic heterocycles. The van der Waals surface area contributed by atoms with Crippen LogP contribution in [0.1, 0.15) is 49.8 Å². The average molecular weight is 434 g/mol. The lowest BCUT2D eigenvalue weighted by atomic mass is 9.87. The highest BCUT2D eigenvalue weighted by molar-refractivity contribution is 5.94. The van der Waals surface area contributed by atoms with Crippen molar-refractivity contribution in [2.24, 2.45) is 5.92 Å². The number of nitrogens with zero attached hydrogens (tertiary/aromatic N) is 2. The third kappa shape index (κ3) is 4.06. The molecule has 1 N–H and O–H groups in total. The molecule has 2 heterocycles. The lowest BCUT2D eigenvalue weighted by molar-refractivity contribution is -0.127. The van der Waals surface area contributed by atoms with E-state index in [0.717, 1.165) is 30.7 Å². The van der Waals surface area contributed by atoms with E-state index >= 15 is 0 Å². The molecule has 0 bridgehead atoms. The van der Waals surface area contributed by atoms with E-state index in [4.69, 9.17) is 4.74 Å². The highest BCUT2D eigenvalue weighted by atomic mass is 16.5. The molecule has 3 aliphatic rings. The Morgan fingerprint density at radius 3 is 2.59 bits per heavy atom. The Morgan fingerprint density at radius 2 is 1.75 bits per heavy atom. The quantitative estimate of drug-likeness (QED) is 0.768. The summed E-state index contributed by atoms with van der Waals surface area (Å²) in [7, 11) is 0. The van der Waals surface area contributed by atoms with Gasteiger partial charge in [0, 0.05) is 19.0 Å². The van der Waals surface area contributed by atoms with Crippen LogP contribution in [0.4, 0.5) is 10.5 Å². The van der Waals surface area contributed by atoms with Crippen LogP contribution in [0.2, 0.25) is 0 Å². The van der Waals surface area contributed by atoms with Crippen LogP contribution in [0.15, 0.2) is 48.5 Å². The van der Waals surface area contributed by atoms with Crippen molar-refractivity contribution in [3.63, 3.8) is 0 Å². The van der Waals surface area contributed by atoms with Gasteiger partial charge in [-0.25, -0.2) is 4.79 Å². The molecule has 5 rings (SSSR count). The summed E-state index contributed by atoms with van der Waals surface area (Å²) in [4.78, 5) is 30.0. The van der Waals surface area contributed by atoms with Gasteiger partial charge in [-0.15, -0.1) is 0 Å². The molecule has 1 saturated heterocycles. The van der Waals surface area contributed by atoms with Gasteiger partial charge in [0.05, 0.1) is 18.3 Å². The Labute approximate surface area is 189 Å². The number of carbonyl (C=O) groups excluding carboxylic acids is 2. The number of nitrogens with one attached hydrogen (secondary N) is 1. The van der Waals surface area contributed by atoms with E-state index in [1.807, 2.05) is 41.0 Å². The fraction of sp³-hybridized carbons (Fsp3) is 0.462. The van der Waals surface area contributed by atoms with Gasteiger partial charge in [-0.1, -0.05) is 36.4 Å². The number of hydrogen-bond acceptors (Lipinski definition) is 3. The zero-order valence-electron chi connectivity index (χ0n) is 18.6. The summed E-state index contributed by atoms with van der Waals surface area (Å²) in [6.45, 7) is 3.73. The number of para-hydroxylation sites is 2. The van der Waals surface area contributed by atoms with Crippen molar-refractivity contribution in [1.82, 2.24) is 10.2 Å². The molecule has 6 heteroatoms. The summed E-state index contributed by atoms with van der Waals surface area (Å²) in [6.07, 6.45) is 4.55. The largest absolute Gasteiger partial charge is 0.487 e. The van der Waals surface area contributed by atoms with Crippen LogP contribution < -0.4 is 15.0 Å². The molecule has 1 aliphatic carbocycles. The lowest BCUT2D eigenvalue weighted by Gasteiger charge is -2.39. The van der Waals surface area contributed by atoms with Gasteiger partial charge >= 0.3 is 6.03 Å². The van der Waals surface area contributed by atoms with E-state index in [1.165, 1.54) is 11.1 Å². The Bertz CT molecular complexity index is 999. The minimum Gasteiger partial charge on any atom is -0.487 e. The van der Waals surface area contributed by atoms with Crippen molar-refractivity contribution >= 4 is 17.6 Å². The number of fused-ring (bicyclic) bond motifs is 2. The molecule has 0 radical (unpaired) electrons. The number of benzene rings is 2. The SMILES string of the molecule is C[C@@H]1CN(C(=O)N2CCC(C(=O)N[C@H]3CCCc4ccccc43)CC2)c2ccccc2O1. The summed E-state index contributed by atoms with van der Waals surface area (Å²) in [6, 6.07) is 16.2. The normalized spacial score (nSPS) is 23.0. The van der Waals surface area contributed by atoms with E-state index < -0.39 is 0 Å². The van der Waals surface area contributed by atoms with Gasteiger partial charge in [0.25, 0.3) is 0 Å². The molecule has 32 heavy (non-hydrogen) atoms. The molecule has 2 aromatic rings. The van der Waals surface area contributed by atoms with Crippen molar-refractivity contribution in [3.05, 3.63) is 59.7 Å². The molecule has 168 valence electrons. The monoisotopic (exact) mass is 433 g/mol. The molecule has 0 spiro atoms. The standard InChI is InChI=1S/C26H31N3O3/c1-18-17-29(23-11-4-5-12-24(23)32-18)26(31)28-15-13-20(14-16-28)25(30)27-22-10-6-8-19-7-2-3-9-21(19)22/h2-5,7,9,11-12,18,20,22H,6,8,10,13-17H2,1H3,(H,27,30)/t18-,22+/m1/s1. The Kier molecular flexibility index (Phi) is 5.77. The van der Waals surface area contributed by atoms with Crippen LogP contribution >= 0.6 is 0 Å². The molecule has 2 atom stereocenters. The van der Waals surface area contributed by atoms with Gasteiger partial charge in [0.1, 0.15) is 11.9 Å². The van der Waals surface area contributed by atoms with Gasteiger partial charge in [-0.2, -0.15) is 0 Å². The summed E-state index contributed by atoms with van der Waals surface area (Å²) >= 11 is 0. The molecule has 6 nitrogen and oxygen atoms in total. The highest BCUT2D eigenvalue weighted by Gasteiger charge is 2.34. The van der Waals surface area contributed by atoms with Crippen LogP contribution in [0, 0.1) is 5.92 Å². The average Bonchev–Trinajstić information content (AvgIpc) is 2.83.